The predicted molar refractivity (Wildman–Crippen MR) is 278 cm³/mol. The van der Waals surface area contributed by atoms with Crippen molar-refractivity contribution in [2.24, 2.45) is 0 Å². The maximum atomic E-state index is 13.2. The van der Waals surface area contributed by atoms with Crippen molar-refractivity contribution in [3.05, 3.63) is 24.3 Å². The number of esters is 1. The standard InChI is InChI=1S/C58H111NO5/c1-4-7-10-13-16-19-21-23-25-27-28-30-32-34-36-39-42-45-48-51-58(63)64-54(49-46-43-40-37-18-15-12-9-6-3)52-57(62)59-55(53-60)56(61)50-47-44-41-38-35-33-31-29-26-24-22-20-17-14-11-8-5-2/h15,18,23,25,54-56,60-61H,4-14,16-17,19-22,24,26-53H2,1-3H3,(H,59,62)/b18-15-,25-23+. The van der Waals surface area contributed by atoms with Gasteiger partial charge in [0.25, 0.3) is 0 Å². The van der Waals surface area contributed by atoms with Gasteiger partial charge in [-0.1, -0.05) is 251 Å². The van der Waals surface area contributed by atoms with E-state index in [2.05, 4.69) is 50.4 Å². The summed E-state index contributed by atoms with van der Waals surface area (Å²) in [5, 5.41) is 23.8. The molecule has 0 heterocycles. The molecule has 0 aromatic carbocycles. The van der Waals surface area contributed by atoms with Crippen LogP contribution in [0.1, 0.15) is 310 Å². The third-order valence-corrected chi connectivity index (χ3v) is 13.3. The molecule has 1 amide bonds. The van der Waals surface area contributed by atoms with Crippen LogP contribution in [-0.2, 0) is 14.3 Å². The van der Waals surface area contributed by atoms with Gasteiger partial charge >= 0.3 is 5.97 Å². The van der Waals surface area contributed by atoms with Gasteiger partial charge in [-0.15, -0.1) is 0 Å². The van der Waals surface area contributed by atoms with E-state index >= 15 is 0 Å². The molecule has 0 aromatic rings. The van der Waals surface area contributed by atoms with Crippen LogP contribution >= 0.6 is 0 Å². The second kappa shape index (κ2) is 52.3. The van der Waals surface area contributed by atoms with Crippen molar-refractivity contribution < 1.29 is 24.5 Å². The van der Waals surface area contributed by atoms with Crippen LogP contribution < -0.4 is 5.32 Å². The maximum Gasteiger partial charge on any atom is 0.306 e. The molecule has 0 aliphatic carbocycles. The topological polar surface area (TPSA) is 95.9 Å². The summed E-state index contributed by atoms with van der Waals surface area (Å²) in [6.07, 6.45) is 61.1. The molecule has 0 spiro atoms. The fraction of sp³-hybridized carbons (Fsp3) is 0.897. The molecule has 6 nitrogen and oxygen atoms in total. The average Bonchev–Trinajstić information content (AvgIpc) is 3.29. The summed E-state index contributed by atoms with van der Waals surface area (Å²) in [6, 6.07) is -0.703. The first-order valence-corrected chi connectivity index (χ1v) is 28.6. The molecule has 0 aliphatic rings. The average molecular weight is 903 g/mol. The van der Waals surface area contributed by atoms with Crippen molar-refractivity contribution in [3.8, 4) is 0 Å². The fourth-order valence-electron chi connectivity index (χ4n) is 8.88. The number of amides is 1. The Morgan fingerprint density at radius 2 is 0.766 bits per heavy atom. The van der Waals surface area contributed by atoms with E-state index < -0.39 is 18.2 Å². The van der Waals surface area contributed by atoms with Gasteiger partial charge in [-0.2, -0.15) is 0 Å². The molecule has 3 N–H and O–H groups in total. The molecular formula is C58H111NO5. The van der Waals surface area contributed by atoms with Crippen LogP contribution in [0.2, 0.25) is 0 Å². The van der Waals surface area contributed by atoms with E-state index in [9.17, 15) is 19.8 Å². The van der Waals surface area contributed by atoms with E-state index in [1.54, 1.807) is 0 Å². The molecule has 0 aromatic heterocycles. The summed E-state index contributed by atoms with van der Waals surface area (Å²) < 4.78 is 5.93. The number of hydrogen-bond acceptors (Lipinski definition) is 5. The van der Waals surface area contributed by atoms with E-state index in [0.717, 1.165) is 64.2 Å². The van der Waals surface area contributed by atoms with Crippen LogP contribution in [-0.4, -0.2) is 46.9 Å². The number of aliphatic hydroxyl groups excluding tert-OH is 2. The minimum atomic E-state index is -0.788. The number of nitrogens with one attached hydrogen (secondary N) is 1. The van der Waals surface area contributed by atoms with Gasteiger partial charge in [-0.3, -0.25) is 9.59 Å². The molecule has 6 heteroatoms. The Kier molecular flexibility index (Phi) is 51.0. The highest BCUT2D eigenvalue weighted by Gasteiger charge is 2.24. The highest BCUT2D eigenvalue weighted by Crippen LogP contribution is 2.18. The molecule has 3 unspecified atom stereocenters. The fourth-order valence-corrected chi connectivity index (χ4v) is 8.88. The second-order valence-electron chi connectivity index (χ2n) is 19.7. The number of hydrogen-bond donors (Lipinski definition) is 3. The van der Waals surface area contributed by atoms with E-state index in [1.807, 2.05) is 0 Å². The van der Waals surface area contributed by atoms with Crippen molar-refractivity contribution >= 4 is 11.9 Å². The monoisotopic (exact) mass is 902 g/mol. The summed E-state index contributed by atoms with van der Waals surface area (Å²) in [5.41, 5.74) is 0. The lowest BCUT2D eigenvalue weighted by Crippen LogP contribution is -2.46. The molecule has 3 atom stereocenters. The second-order valence-corrected chi connectivity index (χ2v) is 19.7. The van der Waals surface area contributed by atoms with Gasteiger partial charge in [-0.25, -0.2) is 0 Å². The molecule has 0 saturated carbocycles. The van der Waals surface area contributed by atoms with Crippen LogP contribution in [0.5, 0.6) is 0 Å². The highest BCUT2D eigenvalue weighted by atomic mass is 16.5. The zero-order chi connectivity index (χ0) is 46.7. The van der Waals surface area contributed by atoms with E-state index in [4.69, 9.17) is 4.74 Å². The van der Waals surface area contributed by atoms with Crippen molar-refractivity contribution in [2.45, 2.75) is 328 Å². The van der Waals surface area contributed by atoms with Gasteiger partial charge in [0.1, 0.15) is 6.10 Å². The normalized spacial score (nSPS) is 13.3. The first-order valence-electron chi connectivity index (χ1n) is 28.6. The van der Waals surface area contributed by atoms with Gasteiger partial charge < -0.3 is 20.3 Å². The number of rotatable bonds is 52. The molecule has 0 radical (unpaired) electrons. The van der Waals surface area contributed by atoms with Crippen molar-refractivity contribution in [2.75, 3.05) is 6.61 Å². The summed E-state index contributed by atoms with van der Waals surface area (Å²) in [6.45, 7) is 6.47. The third kappa shape index (κ3) is 46.9. The molecule has 0 fully saturated rings. The lowest BCUT2D eigenvalue weighted by molar-refractivity contribution is -0.151. The number of ether oxygens (including phenoxy) is 1. The highest BCUT2D eigenvalue weighted by molar-refractivity contribution is 5.77. The minimum Gasteiger partial charge on any atom is -0.462 e. The number of carbonyl (C=O) groups excluding carboxylic acids is 2. The van der Waals surface area contributed by atoms with Crippen LogP contribution in [0.4, 0.5) is 0 Å². The van der Waals surface area contributed by atoms with Crippen molar-refractivity contribution in [1.29, 1.82) is 0 Å². The Morgan fingerprint density at radius 3 is 1.17 bits per heavy atom. The van der Waals surface area contributed by atoms with Crippen LogP contribution in [0.25, 0.3) is 0 Å². The SMILES string of the molecule is CCCC/C=C\CCCCCC(CC(=O)NC(CO)C(O)CCCCCCCCCCCCCCCCCCC)OC(=O)CCCCCCCCCCC/C=C/CCCCCCCC. The van der Waals surface area contributed by atoms with Crippen molar-refractivity contribution in [3.63, 3.8) is 0 Å². The summed E-state index contributed by atoms with van der Waals surface area (Å²) in [4.78, 5) is 26.2. The first-order chi connectivity index (χ1) is 31.5. The zero-order valence-electron chi connectivity index (χ0n) is 43.2. The van der Waals surface area contributed by atoms with Crippen LogP contribution in [0, 0.1) is 0 Å². The lowest BCUT2D eigenvalue weighted by atomic mass is 10.0. The summed E-state index contributed by atoms with van der Waals surface area (Å²) in [5.74, 6) is -0.479. The zero-order valence-corrected chi connectivity index (χ0v) is 43.2. The van der Waals surface area contributed by atoms with Crippen molar-refractivity contribution in [1.82, 2.24) is 5.32 Å². The van der Waals surface area contributed by atoms with Crippen LogP contribution in [0.3, 0.4) is 0 Å². The van der Waals surface area contributed by atoms with Gasteiger partial charge in [-0.05, 0) is 70.6 Å². The number of allylic oxidation sites excluding steroid dienone is 4. The maximum absolute atomic E-state index is 13.2. The summed E-state index contributed by atoms with van der Waals surface area (Å²) >= 11 is 0. The van der Waals surface area contributed by atoms with Gasteiger partial charge in [0.2, 0.25) is 5.91 Å². The lowest BCUT2D eigenvalue weighted by Gasteiger charge is -2.24. The molecular weight excluding hydrogens is 791 g/mol. The van der Waals surface area contributed by atoms with Gasteiger partial charge in [0, 0.05) is 6.42 Å². The molecule has 0 rings (SSSR count). The van der Waals surface area contributed by atoms with E-state index in [-0.39, 0.29) is 24.9 Å². The van der Waals surface area contributed by atoms with Gasteiger partial charge in [0.05, 0.1) is 25.2 Å². The molecule has 0 aliphatic heterocycles. The predicted octanol–water partition coefficient (Wildman–Crippen LogP) is 17.5. The number of aliphatic hydroxyl groups is 2. The van der Waals surface area contributed by atoms with Crippen LogP contribution in [0.15, 0.2) is 24.3 Å². The molecule has 0 saturated heterocycles. The molecule has 64 heavy (non-hydrogen) atoms. The Bertz CT molecular complexity index is 1010. The van der Waals surface area contributed by atoms with E-state index in [0.29, 0.717) is 19.3 Å². The Hall–Kier alpha value is -1.66. The number of carbonyl (C=O) groups is 2. The van der Waals surface area contributed by atoms with Gasteiger partial charge in [0.15, 0.2) is 0 Å². The quantitative estimate of drug-likeness (QED) is 0.0321. The minimum absolute atomic E-state index is 0.0699. The molecule has 0 bridgehead atoms. The third-order valence-electron chi connectivity index (χ3n) is 13.3. The largest absolute Gasteiger partial charge is 0.462 e. The summed E-state index contributed by atoms with van der Waals surface area (Å²) in [7, 11) is 0. The Balaban J connectivity index is 4.35. The van der Waals surface area contributed by atoms with E-state index in [1.165, 1.54) is 199 Å². The number of unbranched alkanes of at least 4 members (excludes halogenated alkanes) is 36. The Labute approximate surface area is 399 Å². The Morgan fingerprint density at radius 1 is 0.438 bits per heavy atom. The molecule has 378 valence electrons. The first kappa shape index (κ1) is 62.3. The smallest absolute Gasteiger partial charge is 0.306 e.